The van der Waals surface area contributed by atoms with Crippen LogP contribution >= 0.6 is 0 Å². The molecule has 1 aromatic heterocycles. The number of nitrogens with one attached hydrogen (secondary N) is 2. The molecule has 6 nitrogen and oxygen atoms in total. The molecule has 2 aromatic rings. The molecule has 1 saturated heterocycles. The van der Waals surface area contributed by atoms with Crippen LogP contribution in [-0.2, 0) is 6.54 Å². The Morgan fingerprint density at radius 2 is 2.03 bits per heavy atom. The highest BCUT2D eigenvalue weighted by molar-refractivity contribution is 5.79. The van der Waals surface area contributed by atoms with Crippen LogP contribution in [0.1, 0.15) is 42.6 Å². The Morgan fingerprint density at radius 1 is 1.21 bits per heavy atom. The van der Waals surface area contributed by atoms with Gasteiger partial charge in [-0.1, -0.05) is 18.2 Å². The van der Waals surface area contributed by atoms with E-state index in [2.05, 4.69) is 58.6 Å². The van der Waals surface area contributed by atoms with E-state index in [4.69, 9.17) is 9.73 Å². The molecule has 1 aliphatic rings. The Kier molecular flexibility index (Phi) is 7.87. The summed E-state index contributed by atoms with van der Waals surface area (Å²) < 4.78 is 5.45. The van der Waals surface area contributed by atoms with E-state index in [1.165, 1.54) is 24.0 Å². The lowest BCUT2D eigenvalue weighted by Gasteiger charge is -2.29. The van der Waals surface area contributed by atoms with Gasteiger partial charge in [0.2, 0.25) is 0 Å². The van der Waals surface area contributed by atoms with E-state index in [1.807, 2.05) is 18.3 Å². The van der Waals surface area contributed by atoms with Crippen LogP contribution in [0.25, 0.3) is 0 Å². The number of ether oxygens (including phenoxy) is 1. The monoisotopic (exact) mass is 395 g/mol. The van der Waals surface area contributed by atoms with Gasteiger partial charge in [0, 0.05) is 19.3 Å². The molecule has 156 valence electrons. The number of methoxy groups -OCH3 is 1. The molecule has 6 heteroatoms. The molecule has 0 spiro atoms. The molecule has 2 N–H and O–H groups in total. The number of benzene rings is 1. The maximum Gasteiger partial charge on any atom is 0.191 e. The first kappa shape index (κ1) is 21.1. The van der Waals surface area contributed by atoms with Crippen LogP contribution < -0.4 is 15.4 Å². The molecule has 0 amide bonds. The fourth-order valence-electron chi connectivity index (χ4n) is 3.73. The highest BCUT2D eigenvalue weighted by Crippen LogP contribution is 2.27. The second-order valence-corrected chi connectivity index (χ2v) is 7.38. The summed E-state index contributed by atoms with van der Waals surface area (Å²) >= 11 is 0. The molecule has 0 radical (unpaired) electrons. The maximum atomic E-state index is 5.45. The first-order valence-electron chi connectivity index (χ1n) is 10.5. The molecule has 0 aliphatic carbocycles. The molecule has 1 aromatic carbocycles. The summed E-state index contributed by atoms with van der Waals surface area (Å²) in [7, 11) is 1.72. The summed E-state index contributed by atoms with van der Waals surface area (Å²) in [5, 5.41) is 6.91. The van der Waals surface area contributed by atoms with Crippen molar-refractivity contribution in [2.45, 2.75) is 39.3 Å². The first-order valence-corrected chi connectivity index (χ1v) is 10.5. The van der Waals surface area contributed by atoms with Crippen molar-refractivity contribution >= 4 is 5.96 Å². The van der Waals surface area contributed by atoms with Crippen LogP contribution in [0.4, 0.5) is 0 Å². The third-order valence-corrected chi connectivity index (χ3v) is 5.37. The number of hydrogen-bond acceptors (Lipinski definition) is 4. The molecular weight excluding hydrogens is 362 g/mol. The summed E-state index contributed by atoms with van der Waals surface area (Å²) in [5.41, 5.74) is 3.45. The van der Waals surface area contributed by atoms with Gasteiger partial charge in [-0.15, -0.1) is 0 Å². The van der Waals surface area contributed by atoms with E-state index in [1.54, 1.807) is 7.11 Å². The molecule has 1 fully saturated rings. The second-order valence-electron chi connectivity index (χ2n) is 7.38. The number of pyridine rings is 1. The zero-order chi connectivity index (χ0) is 20.5. The number of aliphatic imine (C=N–C) groups is 1. The maximum absolute atomic E-state index is 5.45. The number of likely N-dealkylation sites (tertiary alicyclic amines) is 1. The Hall–Kier alpha value is -2.60. The molecule has 0 bridgehead atoms. The van der Waals surface area contributed by atoms with Crippen LogP contribution in [0.3, 0.4) is 0 Å². The van der Waals surface area contributed by atoms with Gasteiger partial charge in [-0.25, -0.2) is 4.99 Å². The van der Waals surface area contributed by atoms with E-state index >= 15 is 0 Å². The van der Waals surface area contributed by atoms with E-state index in [0.29, 0.717) is 6.54 Å². The van der Waals surface area contributed by atoms with Crippen molar-refractivity contribution in [3.8, 4) is 5.75 Å². The fourth-order valence-corrected chi connectivity index (χ4v) is 3.73. The smallest absolute Gasteiger partial charge is 0.191 e. The normalized spacial score (nSPS) is 15.9. The van der Waals surface area contributed by atoms with Gasteiger partial charge in [-0.2, -0.15) is 0 Å². The largest absolute Gasteiger partial charge is 0.497 e. The van der Waals surface area contributed by atoms with Crippen LogP contribution in [-0.4, -0.2) is 49.1 Å². The lowest BCUT2D eigenvalue weighted by Crippen LogP contribution is -2.42. The van der Waals surface area contributed by atoms with Crippen molar-refractivity contribution in [3.05, 3.63) is 59.4 Å². The van der Waals surface area contributed by atoms with Gasteiger partial charge in [0.1, 0.15) is 5.75 Å². The molecular formula is C23H33N5O. The highest BCUT2D eigenvalue weighted by Gasteiger charge is 2.24. The highest BCUT2D eigenvalue weighted by atomic mass is 16.5. The topological polar surface area (TPSA) is 61.8 Å². The van der Waals surface area contributed by atoms with Crippen LogP contribution in [0.2, 0.25) is 0 Å². The standard InChI is InChI=1S/C23H33N5O/c1-4-24-23(26-16-21-18(2)9-8-12-25-21)27-17-22(28-13-5-6-14-28)19-10-7-11-20(15-19)29-3/h7-12,15,22H,4-6,13-14,16-17H2,1-3H3,(H2,24,26,27). The summed E-state index contributed by atoms with van der Waals surface area (Å²) in [6.07, 6.45) is 4.34. The number of rotatable bonds is 8. The Morgan fingerprint density at radius 3 is 2.76 bits per heavy atom. The van der Waals surface area contributed by atoms with Crippen molar-refractivity contribution in [1.82, 2.24) is 20.5 Å². The predicted molar refractivity (Wildman–Crippen MR) is 118 cm³/mol. The van der Waals surface area contributed by atoms with Gasteiger partial charge in [0.05, 0.1) is 25.4 Å². The molecule has 1 aliphatic heterocycles. The zero-order valence-electron chi connectivity index (χ0n) is 17.8. The molecule has 2 heterocycles. The Bertz CT molecular complexity index is 801. The zero-order valence-corrected chi connectivity index (χ0v) is 17.8. The molecule has 0 saturated carbocycles. The molecule has 1 atom stereocenters. The summed E-state index contributed by atoms with van der Waals surface area (Å²) in [5.74, 6) is 1.72. The average Bonchev–Trinajstić information content (AvgIpc) is 3.28. The summed E-state index contributed by atoms with van der Waals surface area (Å²) in [4.78, 5) is 11.8. The molecule has 29 heavy (non-hydrogen) atoms. The minimum absolute atomic E-state index is 0.285. The third kappa shape index (κ3) is 5.94. The lowest BCUT2D eigenvalue weighted by atomic mass is 10.1. The van der Waals surface area contributed by atoms with Crippen molar-refractivity contribution in [1.29, 1.82) is 0 Å². The van der Waals surface area contributed by atoms with Gasteiger partial charge < -0.3 is 15.4 Å². The van der Waals surface area contributed by atoms with Gasteiger partial charge in [0.15, 0.2) is 5.96 Å². The fraction of sp³-hybridized carbons (Fsp3) is 0.478. The van der Waals surface area contributed by atoms with E-state index < -0.39 is 0 Å². The third-order valence-electron chi connectivity index (χ3n) is 5.37. The van der Waals surface area contributed by atoms with Gasteiger partial charge >= 0.3 is 0 Å². The first-order chi connectivity index (χ1) is 14.2. The predicted octanol–water partition coefficient (Wildman–Crippen LogP) is 3.29. The van der Waals surface area contributed by atoms with E-state index in [9.17, 15) is 0 Å². The molecule has 3 rings (SSSR count). The van der Waals surface area contributed by atoms with Crippen LogP contribution in [0, 0.1) is 6.92 Å². The lowest BCUT2D eigenvalue weighted by molar-refractivity contribution is 0.245. The number of nitrogens with zero attached hydrogens (tertiary/aromatic N) is 3. The van der Waals surface area contributed by atoms with E-state index in [0.717, 1.165) is 43.6 Å². The quantitative estimate of drug-likeness (QED) is 0.531. The SMILES string of the molecule is CCNC(=NCc1ncccc1C)NCC(c1cccc(OC)c1)N1CCCC1. The Balaban J connectivity index is 1.73. The number of aromatic nitrogens is 1. The Labute approximate surface area is 174 Å². The number of aryl methyl sites for hydroxylation is 1. The molecule has 1 unspecified atom stereocenters. The van der Waals surface area contributed by atoms with Crippen molar-refractivity contribution < 1.29 is 4.74 Å². The van der Waals surface area contributed by atoms with Crippen LogP contribution in [0.15, 0.2) is 47.6 Å². The van der Waals surface area contributed by atoms with Gasteiger partial charge in [-0.3, -0.25) is 9.88 Å². The summed E-state index contributed by atoms with van der Waals surface area (Å²) in [6, 6.07) is 12.7. The van der Waals surface area contributed by atoms with Crippen LogP contribution in [0.5, 0.6) is 5.75 Å². The number of hydrogen-bond donors (Lipinski definition) is 2. The van der Waals surface area contributed by atoms with E-state index in [-0.39, 0.29) is 6.04 Å². The minimum atomic E-state index is 0.285. The minimum Gasteiger partial charge on any atom is -0.497 e. The van der Waals surface area contributed by atoms with Gasteiger partial charge in [0.25, 0.3) is 0 Å². The second kappa shape index (κ2) is 10.8. The summed E-state index contributed by atoms with van der Waals surface area (Å²) in [6.45, 7) is 8.60. The van der Waals surface area contributed by atoms with Crippen molar-refractivity contribution in [2.75, 3.05) is 33.3 Å². The average molecular weight is 396 g/mol. The van der Waals surface area contributed by atoms with Crippen molar-refractivity contribution in [2.24, 2.45) is 4.99 Å². The number of guanidine groups is 1. The van der Waals surface area contributed by atoms with Gasteiger partial charge in [-0.05, 0) is 69.1 Å². The van der Waals surface area contributed by atoms with Crippen molar-refractivity contribution in [3.63, 3.8) is 0 Å².